The summed E-state index contributed by atoms with van der Waals surface area (Å²) in [6.07, 6.45) is 0.991. The van der Waals surface area contributed by atoms with Gasteiger partial charge in [0.05, 0.1) is 22.3 Å². The SMILES string of the molecule is N#Cc1ccccc1COc1ccc(C=NNC(=O)CC(=O)Nc2ccc(F)cc2)cc1Br. The molecule has 3 aromatic rings. The van der Waals surface area contributed by atoms with Crippen molar-refractivity contribution in [3.05, 3.63) is 93.7 Å². The van der Waals surface area contributed by atoms with Crippen LogP contribution in [0.4, 0.5) is 10.1 Å². The summed E-state index contributed by atoms with van der Waals surface area (Å²) in [7, 11) is 0. The van der Waals surface area contributed by atoms with E-state index in [-0.39, 0.29) is 6.61 Å². The van der Waals surface area contributed by atoms with Crippen molar-refractivity contribution in [2.75, 3.05) is 5.32 Å². The molecule has 9 heteroatoms. The summed E-state index contributed by atoms with van der Waals surface area (Å²) in [6.45, 7) is 0.242. The minimum atomic E-state index is -0.596. The van der Waals surface area contributed by atoms with Gasteiger partial charge < -0.3 is 10.1 Å². The molecular weight excluding hydrogens is 491 g/mol. The molecule has 2 N–H and O–H groups in total. The molecular formula is C24H18BrFN4O3. The summed E-state index contributed by atoms with van der Waals surface area (Å²) in [4.78, 5) is 23.8. The molecule has 0 radical (unpaired) electrons. The number of hydrazone groups is 1. The highest BCUT2D eigenvalue weighted by Crippen LogP contribution is 2.26. The third kappa shape index (κ3) is 7.26. The lowest BCUT2D eigenvalue weighted by Gasteiger charge is -2.10. The number of halogens is 2. The molecule has 0 saturated carbocycles. The smallest absolute Gasteiger partial charge is 0.249 e. The van der Waals surface area contributed by atoms with Crippen LogP contribution < -0.4 is 15.5 Å². The van der Waals surface area contributed by atoms with E-state index in [1.807, 2.05) is 12.1 Å². The molecule has 166 valence electrons. The van der Waals surface area contributed by atoms with E-state index in [9.17, 15) is 14.0 Å². The van der Waals surface area contributed by atoms with Gasteiger partial charge in [0.1, 0.15) is 24.6 Å². The second-order valence-electron chi connectivity index (χ2n) is 6.77. The van der Waals surface area contributed by atoms with Gasteiger partial charge in [-0.25, -0.2) is 9.82 Å². The molecule has 0 bridgehead atoms. The average Bonchev–Trinajstić information content (AvgIpc) is 2.80. The van der Waals surface area contributed by atoms with Crippen LogP contribution in [0, 0.1) is 17.1 Å². The van der Waals surface area contributed by atoms with Crippen LogP contribution in [-0.2, 0) is 16.2 Å². The summed E-state index contributed by atoms with van der Waals surface area (Å²) in [5.41, 5.74) is 4.69. The van der Waals surface area contributed by atoms with Crippen LogP contribution in [0.25, 0.3) is 0 Å². The van der Waals surface area contributed by atoms with E-state index >= 15 is 0 Å². The molecule has 0 aliphatic carbocycles. The fraction of sp³-hybridized carbons (Fsp3) is 0.0833. The number of nitriles is 1. The van der Waals surface area contributed by atoms with Crippen LogP contribution >= 0.6 is 15.9 Å². The maximum absolute atomic E-state index is 12.9. The van der Waals surface area contributed by atoms with E-state index in [0.29, 0.717) is 27.0 Å². The molecule has 0 heterocycles. The van der Waals surface area contributed by atoms with Crippen LogP contribution in [0.2, 0.25) is 0 Å². The molecule has 0 aliphatic rings. The molecule has 0 fully saturated rings. The van der Waals surface area contributed by atoms with Gasteiger partial charge >= 0.3 is 0 Å². The van der Waals surface area contributed by atoms with Crippen LogP contribution in [0.1, 0.15) is 23.1 Å². The summed E-state index contributed by atoms with van der Waals surface area (Å²) >= 11 is 3.43. The number of hydrogen-bond donors (Lipinski definition) is 2. The lowest BCUT2D eigenvalue weighted by Crippen LogP contribution is -2.24. The number of carbonyl (C=O) groups excluding carboxylic acids is 2. The Labute approximate surface area is 198 Å². The van der Waals surface area contributed by atoms with Crippen molar-refractivity contribution in [3.63, 3.8) is 0 Å². The minimum Gasteiger partial charge on any atom is -0.488 e. The quantitative estimate of drug-likeness (QED) is 0.265. The third-order valence-corrected chi connectivity index (χ3v) is 4.95. The summed E-state index contributed by atoms with van der Waals surface area (Å²) in [5.74, 6) is -0.977. The maximum atomic E-state index is 12.9. The molecule has 2 amide bonds. The van der Waals surface area contributed by atoms with Gasteiger partial charge in [-0.1, -0.05) is 18.2 Å². The van der Waals surface area contributed by atoms with Crippen molar-refractivity contribution in [2.24, 2.45) is 5.10 Å². The van der Waals surface area contributed by atoms with Crippen LogP contribution in [-0.4, -0.2) is 18.0 Å². The molecule has 3 aromatic carbocycles. The fourth-order valence-corrected chi connectivity index (χ4v) is 3.24. The van der Waals surface area contributed by atoms with Gasteiger partial charge in [0, 0.05) is 11.3 Å². The standard InChI is InChI=1S/C24H18BrFN4O3/c25-21-11-16(5-10-22(21)33-15-18-4-2-1-3-17(18)13-27)14-28-30-24(32)12-23(31)29-20-8-6-19(26)7-9-20/h1-11,14H,12,15H2,(H,29,31)(H,30,32). The van der Waals surface area contributed by atoms with E-state index in [4.69, 9.17) is 10.00 Å². The number of anilines is 1. The van der Waals surface area contributed by atoms with Crippen LogP contribution in [0.5, 0.6) is 5.75 Å². The highest BCUT2D eigenvalue weighted by atomic mass is 79.9. The predicted octanol–water partition coefficient (Wildman–Crippen LogP) is 4.52. The zero-order chi connectivity index (χ0) is 23.6. The number of carbonyl (C=O) groups is 2. The van der Waals surface area contributed by atoms with Crippen molar-refractivity contribution >= 4 is 39.6 Å². The summed E-state index contributed by atoms with van der Waals surface area (Å²) < 4.78 is 19.3. The van der Waals surface area contributed by atoms with Gasteiger partial charge in [0.15, 0.2) is 0 Å². The van der Waals surface area contributed by atoms with Gasteiger partial charge in [0.25, 0.3) is 0 Å². The number of amides is 2. The average molecular weight is 509 g/mol. The monoisotopic (exact) mass is 508 g/mol. The van der Waals surface area contributed by atoms with E-state index in [1.54, 1.807) is 30.3 Å². The Hall–Kier alpha value is -4.03. The molecule has 0 spiro atoms. The fourth-order valence-electron chi connectivity index (χ4n) is 2.73. The van der Waals surface area contributed by atoms with E-state index < -0.39 is 24.1 Å². The Morgan fingerprint density at radius 1 is 1.09 bits per heavy atom. The highest BCUT2D eigenvalue weighted by Gasteiger charge is 2.09. The number of nitrogens with one attached hydrogen (secondary N) is 2. The number of hydrogen-bond acceptors (Lipinski definition) is 5. The van der Waals surface area contributed by atoms with Gasteiger partial charge in [-0.3, -0.25) is 9.59 Å². The van der Waals surface area contributed by atoms with Crippen molar-refractivity contribution in [1.29, 1.82) is 5.26 Å². The summed E-state index contributed by atoms with van der Waals surface area (Å²) in [6, 6.07) is 19.8. The molecule has 0 unspecified atom stereocenters. The molecule has 0 aromatic heterocycles. The number of ether oxygens (including phenoxy) is 1. The lowest BCUT2D eigenvalue weighted by molar-refractivity contribution is -0.126. The third-order valence-electron chi connectivity index (χ3n) is 4.33. The normalized spacial score (nSPS) is 10.5. The molecule has 0 saturated heterocycles. The second-order valence-corrected chi connectivity index (χ2v) is 7.63. The first-order valence-electron chi connectivity index (χ1n) is 9.72. The Balaban J connectivity index is 1.49. The number of benzene rings is 3. The second kappa shape index (κ2) is 11.5. The molecule has 33 heavy (non-hydrogen) atoms. The van der Waals surface area contributed by atoms with Crippen LogP contribution in [0.15, 0.2) is 76.3 Å². The molecule has 0 aliphatic heterocycles. The number of rotatable bonds is 8. The van der Waals surface area contributed by atoms with Gasteiger partial charge in [-0.2, -0.15) is 10.4 Å². The van der Waals surface area contributed by atoms with E-state index in [1.165, 1.54) is 30.5 Å². The van der Waals surface area contributed by atoms with Gasteiger partial charge in [-0.05, 0) is 70.0 Å². The van der Waals surface area contributed by atoms with E-state index in [0.717, 1.165) is 5.56 Å². The highest BCUT2D eigenvalue weighted by molar-refractivity contribution is 9.10. The molecule has 3 rings (SSSR count). The van der Waals surface area contributed by atoms with Crippen molar-refractivity contribution in [3.8, 4) is 11.8 Å². The Kier molecular flexibility index (Phi) is 8.27. The van der Waals surface area contributed by atoms with Crippen molar-refractivity contribution in [1.82, 2.24) is 5.43 Å². The maximum Gasteiger partial charge on any atom is 0.249 e. The lowest BCUT2D eigenvalue weighted by atomic mass is 10.1. The summed E-state index contributed by atoms with van der Waals surface area (Å²) in [5, 5.41) is 15.5. The Morgan fingerprint density at radius 3 is 2.58 bits per heavy atom. The van der Waals surface area contributed by atoms with Crippen LogP contribution in [0.3, 0.4) is 0 Å². The van der Waals surface area contributed by atoms with Gasteiger partial charge in [0.2, 0.25) is 11.8 Å². The van der Waals surface area contributed by atoms with Crippen molar-refractivity contribution in [2.45, 2.75) is 13.0 Å². The van der Waals surface area contributed by atoms with E-state index in [2.05, 4.69) is 37.8 Å². The Bertz CT molecular complexity index is 1220. The molecule has 7 nitrogen and oxygen atoms in total. The largest absolute Gasteiger partial charge is 0.488 e. The molecule has 0 atom stereocenters. The van der Waals surface area contributed by atoms with Gasteiger partial charge in [-0.15, -0.1) is 0 Å². The number of nitrogens with zero attached hydrogens (tertiary/aromatic N) is 2. The topological polar surface area (TPSA) is 104 Å². The zero-order valence-corrected chi connectivity index (χ0v) is 18.8. The Morgan fingerprint density at radius 2 is 1.85 bits per heavy atom. The first kappa shape index (κ1) is 23.6. The zero-order valence-electron chi connectivity index (χ0n) is 17.2. The minimum absolute atomic E-state index is 0.242. The first-order valence-corrected chi connectivity index (χ1v) is 10.5. The predicted molar refractivity (Wildman–Crippen MR) is 125 cm³/mol. The van der Waals surface area contributed by atoms with Crippen molar-refractivity contribution < 1.29 is 18.7 Å². The first-order chi connectivity index (χ1) is 15.9.